The lowest BCUT2D eigenvalue weighted by Gasteiger charge is -2.50. The number of hydrogen-bond acceptors (Lipinski definition) is 10. The number of amides is 1. The molecule has 226 valence electrons. The van der Waals surface area contributed by atoms with Gasteiger partial charge in [-0.1, -0.05) is 0 Å². The molecule has 2 saturated carbocycles. The van der Waals surface area contributed by atoms with Gasteiger partial charge in [-0.25, -0.2) is 4.99 Å². The summed E-state index contributed by atoms with van der Waals surface area (Å²) in [5.41, 5.74) is 9.34. The van der Waals surface area contributed by atoms with Crippen LogP contribution in [0.5, 0.6) is 5.75 Å². The van der Waals surface area contributed by atoms with Crippen LogP contribution in [0, 0.1) is 11.8 Å². The molecule has 4 atom stereocenters. The number of ketones is 2. The summed E-state index contributed by atoms with van der Waals surface area (Å²) in [4.78, 5) is 47.1. The molecule has 2 unspecified atom stereocenters. The molecule has 13 heteroatoms. The van der Waals surface area contributed by atoms with E-state index in [1.54, 1.807) is 20.2 Å². The normalized spacial score (nSPS) is 27.9. The number of likely N-dealkylation sites (N-methyl/N-ethyl adjacent to an activating group) is 1. The van der Waals surface area contributed by atoms with E-state index in [0.717, 1.165) is 19.3 Å². The fraction of sp³-hybridized carbons (Fsp3) is 0.517. The smallest absolute Gasteiger partial charge is 0.255 e. The summed E-state index contributed by atoms with van der Waals surface area (Å²) in [5, 5.41) is 48.9. The van der Waals surface area contributed by atoms with E-state index in [0.29, 0.717) is 16.8 Å². The third-order valence-corrected chi connectivity index (χ3v) is 9.13. The van der Waals surface area contributed by atoms with Gasteiger partial charge in [-0.15, -0.1) is 0 Å². The number of benzene rings is 1. The van der Waals surface area contributed by atoms with Crippen LogP contribution in [-0.2, 0) is 27.3 Å². The third kappa shape index (κ3) is 4.29. The number of phenolic OH excluding ortho intramolecular Hbond substituents is 1. The van der Waals surface area contributed by atoms with Gasteiger partial charge in [0.25, 0.3) is 5.91 Å². The number of hydrogen-bond donors (Lipinski definition) is 7. The van der Waals surface area contributed by atoms with Crippen molar-refractivity contribution in [3.8, 4) is 5.75 Å². The number of aliphatic hydroxyl groups is 3. The lowest BCUT2D eigenvalue weighted by atomic mass is 9.57. The van der Waals surface area contributed by atoms with Crippen molar-refractivity contribution in [3.63, 3.8) is 0 Å². The summed E-state index contributed by atoms with van der Waals surface area (Å²) >= 11 is 0. The highest BCUT2D eigenvalue weighted by molar-refractivity contribution is 6.24. The van der Waals surface area contributed by atoms with Crippen molar-refractivity contribution in [2.24, 2.45) is 28.3 Å². The minimum Gasteiger partial charge on any atom is -0.508 e. The van der Waals surface area contributed by atoms with Crippen molar-refractivity contribution in [1.82, 2.24) is 10.2 Å². The molecule has 42 heavy (non-hydrogen) atoms. The molecule has 5 rings (SSSR count). The van der Waals surface area contributed by atoms with E-state index in [-0.39, 0.29) is 48.3 Å². The van der Waals surface area contributed by atoms with Crippen LogP contribution in [0.2, 0.25) is 0 Å². The SMILES string of the molecule is CN(C)c1cc(CN=C(N)NC2CCC2)c(O)c2c1CC1CC3[C@H](N(C)C)C(=O)C(C(N)=O)=C(O)[C@@]3(O)C(=O)C1=C2O. The van der Waals surface area contributed by atoms with Crippen LogP contribution >= 0.6 is 0 Å². The maximum absolute atomic E-state index is 14.1. The average molecular weight is 583 g/mol. The molecule has 0 heterocycles. The van der Waals surface area contributed by atoms with Gasteiger partial charge in [0.05, 0.1) is 18.2 Å². The van der Waals surface area contributed by atoms with Crippen molar-refractivity contribution in [3.05, 3.63) is 39.7 Å². The number of guanidine groups is 1. The maximum atomic E-state index is 14.1. The predicted octanol–water partition coefficient (Wildman–Crippen LogP) is -0.0132. The Morgan fingerprint density at radius 3 is 2.36 bits per heavy atom. The van der Waals surface area contributed by atoms with Crippen LogP contribution < -0.4 is 21.7 Å². The van der Waals surface area contributed by atoms with Gasteiger partial charge in [0, 0.05) is 42.9 Å². The number of Topliss-reactive ketones (excluding diaryl/α,β-unsaturated/α-hetero) is 2. The number of nitrogens with two attached hydrogens (primary N) is 2. The van der Waals surface area contributed by atoms with E-state index in [1.165, 1.54) is 4.90 Å². The number of aromatic hydroxyl groups is 1. The first kappa shape index (κ1) is 29.4. The first-order valence-corrected chi connectivity index (χ1v) is 14.0. The second kappa shape index (κ2) is 10.3. The van der Waals surface area contributed by atoms with Gasteiger partial charge in [0.2, 0.25) is 5.78 Å². The second-order valence-electron chi connectivity index (χ2n) is 12.1. The predicted molar refractivity (Wildman–Crippen MR) is 155 cm³/mol. The number of phenols is 1. The van der Waals surface area contributed by atoms with E-state index in [4.69, 9.17) is 11.5 Å². The van der Waals surface area contributed by atoms with Crippen molar-refractivity contribution >= 4 is 34.9 Å². The largest absolute Gasteiger partial charge is 0.508 e. The summed E-state index contributed by atoms with van der Waals surface area (Å²) in [6, 6.07) is 0.889. The zero-order chi connectivity index (χ0) is 30.8. The lowest BCUT2D eigenvalue weighted by molar-refractivity contribution is -0.153. The van der Waals surface area contributed by atoms with Crippen molar-refractivity contribution < 1.29 is 34.8 Å². The molecule has 2 fully saturated rings. The summed E-state index contributed by atoms with van der Waals surface area (Å²) in [6.07, 6.45) is 3.35. The van der Waals surface area contributed by atoms with Crippen LogP contribution in [0.15, 0.2) is 28.0 Å². The molecular weight excluding hydrogens is 544 g/mol. The highest BCUT2D eigenvalue weighted by Gasteiger charge is 2.64. The molecule has 0 radical (unpaired) electrons. The minimum atomic E-state index is -2.69. The molecule has 4 aliphatic rings. The minimum absolute atomic E-state index is 0.00433. The van der Waals surface area contributed by atoms with Gasteiger partial charge in [-0.3, -0.25) is 19.3 Å². The van der Waals surface area contributed by atoms with E-state index in [9.17, 15) is 34.8 Å². The van der Waals surface area contributed by atoms with Crippen LogP contribution in [0.25, 0.3) is 5.76 Å². The van der Waals surface area contributed by atoms with Crippen LogP contribution in [0.4, 0.5) is 5.69 Å². The number of rotatable bonds is 6. The monoisotopic (exact) mass is 582 g/mol. The number of carbonyl (C=O) groups is 3. The summed E-state index contributed by atoms with van der Waals surface area (Å²) in [6.45, 7) is -0.00433. The molecular formula is C29H38N6O7. The Hall–Kier alpha value is -4.10. The van der Waals surface area contributed by atoms with Gasteiger partial charge in [-0.2, -0.15) is 0 Å². The van der Waals surface area contributed by atoms with E-state index >= 15 is 0 Å². The molecule has 0 saturated heterocycles. The van der Waals surface area contributed by atoms with Crippen molar-refractivity contribution in [2.75, 3.05) is 33.1 Å². The molecule has 1 aromatic rings. The molecule has 9 N–H and O–H groups in total. The lowest BCUT2D eigenvalue weighted by Crippen LogP contribution is -2.65. The topological polar surface area (TPSA) is 215 Å². The fourth-order valence-corrected chi connectivity index (χ4v) is 6.84. The van der Waals surface area contributed by atoms with Gasteiger partial charge in [-0.05, 0) is 63.7 Å². The summed E-state index contributed by atoms with van der Waals surface area (Å²) < 4.78 is 0. The second-order valence-corrected chi connectivity index (χ2v) is 12.1. The summed E-state index contributed by atoms with van der Waals surface area (Å²) in [7, 11) is 6.74. The molecule has 0 bridgehead atoms. The molecule has 1 amide bonds. The Balaban J connectivity index is 1.64. The zero-order valence-corrected chi connectivity index (χ0v) is 24.1. The molecule has 0 spiro atoms. The Morgan fingerprint density at radius 2 is 1.81 bits per heavy atom. The maximum Gasteiger partial charge on any atom is 0.255 e. The van der Waals surface area contributed by atoms with Gasteiger partial charge in [0.1, 0.15) is 22.8 Å². The standard InChI is InChI=1S/C29H38N6O7/c1-34(2)17-10-13(11-32-28(31)33-14-6-5-7-14)22(36)19-15(17)8-12-9-16-21(35(3)4)24(38)20(27(30)41)26(40)29(16,42)25(39)18(12)23(19)37/h10,12,14,16,21,36-37,40,42H,5-9,11H2,1-4H3,(H2,30,41)(H3,31,32,33)/t12?,16?,21-,29-/m0/s1. The van der Waals surface area contributed by atoms with E-state index in [2.05, 4.69) is 10.3 Å². The Bertz CT molecular complexity index is 1470. The van der Waals surface area contributed by atoms with E-state index in [1.807, 2.05) is 19.0 Å². The molecule has 0 aromatic heterocycles. The number of carbonyl (C=O) groups excluding carboxylic acids is 3. The number of nitrogens with one attached hydrogen (secondary N) is 1. The van der Waals surface area contributed by atoms with Gasteiger partial charge < -0.3 is 42.1 Å². The van der Waals surface area contributed by atoms with Crippen molar-refractivity contribution in [1.29, 1.82) is 0 Å². The molecule has 13 nitrogen and oxygen atoms in total. The molecule has 4 aliphatic carbocycles. The fourth-order valence-electron chi connectivity index (χ4n) is 6.84. The number of nitrogens with zero attached hydrogens (tertiary/aromatic N) is 3. The van der Waals surface area contributed by atoms with E-state index < -0.39 is 58.0 Å². The Morgan fingerprint density at radius 1 is 1.14 bits per heavy atom. The van der Waals surface area contributed by atoms with Crippen LogP contribution in [0.3, 0.4) is 0 Å². The zero-order valence-electron chi connectivity index (χ0n) is 24.1. The number of aliphatic imine (C=N–C) groups is 1. The first-order chi connectivity index (χ1) is 19.7. The Labute approximate surface area is 243 Å². The molecule has 1 aromatic carbocycles. The third-order valence-electron chi connectivity index (χ3n) is 9.13. The average Bonchev–Trinajstić information content (AvgIpc) is 2.87. The number of primary amides is 1. The summed E-state index contributed by atoms with van der Waals surface area (Å²) in [5.74, 6) is -6.62. The number of fused-ring (bicyclic) bond motifs is 3. The van der Waals surface area contributed by atoms with Crippen LogP contribution in [-0.4, -0.2) is 94.6 Å². The Kier molecular flexibility index (Phi) is 7.22. The first-order valence-electron chi connectivity index (χ1n) is 14.0. The molecule has 0 aliphatic heterocycles. The van der Waals surface area contributed by atoms with Gasteiger partial charge >= 0.3 is 0 Å². The number of aliphatic hydroxyl groups excluding tert-OH is 2. The van der Waals surface area contributed by atoms with Crippen molar-refractivity contribution in [2.45, 2.75) is 56.3 Å². The van der Waals surface area contributed by atoms with Gasteiger partial charge in [0.15, 0.2) is 17.3 Å². The highest BCUT2D eigenvalue weighted by atomic mass is 16.3. The highest BCUT2D eigenvalue weighted by Crippen LogP contribution is 2.54. The van der Waals surface area contributed by atoms with Crippen LogP contribution in [0.1, 0.15) is 42.4 Å². The number of anilines is 1. The quantitative estimate of drug-likeness (QED) is 0.134.